The third-order valence-corrected chi connectivity index (χ3v) is 4.71. The molecule has 0 amide bonds. The van der Waals surface area contributed by atoms with E-state index in [2.05, 4.69) is 0 Å². The maximum absolute atomic E-state index is 11.4. The second kappa shape index (κ2) is 5.47. The lowest BCUT2D eigenvalue weighted by molar-refractivity contribution is -0.150. The van der Waals surface area contributed by atoms with Gasteiger partial charge in [0, 0.05) is 4.70 Å². The van der Waals surface area contributed by atoms with Crippen LogP contribution in [0.5, 0.6) is 0 Å². The summed E-state index contributed by atoms with van der Waals surface area (Å²) in [5, 5.41) is 9.81. The number of benzene rings is 1. The Hall–Kier alpha value is -1.91. The van der Waals surface area contributed by atoms with Crippen molar-refractivity contribution in [2.45, 2.75) is 6.42 Å². The number of carboxylic acids is 1. The molecule has 0 saturated carbocycles. The van der Waals surface area contributed by atoms with E-state index in [1.165, 1.54) is 11.3 Å². The fraction of sp³-hybridized carbons (Fsp3) is 0.125. The summed E-state index contributed by atoms with van der Waals surface area (Å²) >= 11 is 7.53. The van der Waals surface area contributed by atoms with E-state index in [1.807, 2.05) is 36.4 Å². The number of carbonyl (C=O) groups is 2. The molecule has 1 aromatic carbocycles. The quantitative estimate of drug-likeness (QED) is 0.864. The number of carbonyl (C=O) groups excluding carboxylic acids is 1. The SMILES string of the molecule is O=C(O)C(=O)C1C=CC(c2ccc3sc(Cl)cc3c2)=CC1. The van der Waals surface area contributed by atoms with E-state index in [0.29, 0.717) is 6.42 Å². The van der Waals surface area contributed by atoms with Crippen LogP contribution in [-0.4, -0.2) is 16.9 Å². The molecule has 1 aliphatic rings. The molecule has 106 valence electrons. The van der Waals surface area contributed by atoms with E-state index in [9.17, 15) is 9.59 Å². The lowest BCUT2D eigenvalue weighted by Gasteiger charge is -2.13. The first-order chi connectivity index (χ1) is 10.0. The number of hydrogen-bond donors (Lipinski definition) is 1. The number of hydrogen-bond acceptors (Lipinski definition) is 3. The van der Waals surface area contributed by atoms with Crippen LogP contribution in [0.1, 0.15) is 12.0 Å². The lowest BCUT2D eigenvalue weighted by Crippen LogP contribution is -2.22. The number of fused-ring (bicyclic) bond motifs is 1. The fourth-order valence-corrected chi connectivity index (χ4v) is 3.51. The predicted molar refractivity (Wildman–Crippen MR) is 84.7 cm³/mol. The van der Waals surface area contributed by atoms with Gasteiger partial charge in [-0.05, 0) is 41.1 Å². The van der Waals surface area contributed by atoms with Crippen molar-refractivity contribution < 1.29 is 14.7 Å². The number of carboxylic acid groups (broad SMARTS) is 1. The van der Waals surface area contributed by atoms with Gasteiger partial charge in [0.25, 0.3) is 0 Å². The maximum atomic E-state index is 11.4. The molecule has 0 aliphatic heterocycles. The molecule has 1 aliphatic carbocycles. The van der Waals surface area contributed by atoms with Crippen molar-refractivity contribution in [3.63, 3.8) is 0 Å². The number of aliphatic carboxylic acids is 1. The summed E-state index contributed by atoms with van der Waals surface area (Å²) in [4.78, 5) is 22.1. The number of rotatable bonds is 3. The first-order valence-corrected chi connectivity index (χ1v) is 7.59. The normalized spacial score (nSPS) is 17.8. The highest BCUT2D eigenvalue weighted by Gasteiger charge is 2.23. The Morgan fingerprint density at radius 2 is 2.10 bits per heavy atom. The third-order valence-electron chi connectivity index (χ3n) is 3.47. The average Bonchev–Trinajstić information content (AvgIpc) is 2.85. The van der Waals surface area contributed by atoms with E-state index in [0.717, 1.165) is 25.6 Å². The van der Waals surface area contributed by atoms with Crippen molar-refractivity contribution in [1.82, 2.24) is 0 Å². The summed E-state index contributed by atoms with van der Waals surface area (Å²) in [6.45, 7) is 0. The summed E-state index contributed by atoms with van der Waals surface area (Å²) in [6.07, 6.45) is 5.79. The minimum atomic E-state index is -1.38. The predicted octanol–water partition coefficient (Wildman–Crippen LogP) is 4.17. The molecule has 0 saturated heterocycles. The van der Waals surface area contributed by atoms with Crippen LogP contribution >= 0.6 is 22.9 Å². The molecule has 0 fully saturated rings. The largest absolute Gasteiger partial charge is 0.475 e. The number of ketones is 1. The van der Waals surface area contributed by atoms with Crippen molar-refractivity contribution in [3.8, 4) is 0 Å². The van der Waals surface area contributed by atoms with E-state index in [1.54, 1.807) is 6.08 Å². The molecule has 0 radical (unpaired) electrons. The second-order valence-electron chi connectivity index (χ2n) is 4.83. The first-order valence-electron chi connectivity index (χ1n) is 6.39. The molecule has 1 heterocycles. The Labute approximate surface area is 130 Å². The molecule has 0 spiro atoms. The van der Waals surface area contributed by atoms with Crippen LogP contribution in [0.4, 0.5) is 0 Å². The lowest BCUT2D eigenvalue weighted by atomic mass is 9.90. The minimum Gasteiger partial charge on any atom is -0.475 e. The van der Waals surface area contributed by atoms with Gasteiger partial charge < -0.3 is 5.11 Å². The van der Waals surface area contributed by atoms with Crippen LogP contribution in [0.15, 0.2) is 42.5 Å². The zero-order valence-electron chi connectivity index (χ0n) is 10.9. The van der Waals surface area contributed by atoms with Crippen molar-refractivity contribution in [1.29, 1.82) is 0 Å². The summed E-state index contributed by atoms with van der Waals surface area (Å²) in [7, 11) is 0. The molecule has 1 N–H and O–H groups in total. The number of thiophene rings is 1. The van der Waals surface area contributed by atoms with Crippen molar-refractivity contribution in [2.75, 3.05) is 0 Å². The van der Waals surface area contributed by atoms with Crippen molar-refractivity contribution >= 4 is 50.3 Å². The molecule has 1 atom stereocenters. The standard InChI is InChI=1S/C16H11ClO3S/c17-14-8-12-7-11(5-6-13(12)21-14)9-1-3-10(4-2-9)15(18)16(19)20/h1-3,5-8,10H,4H2,(H,19,20). The van der Waals surface area contributed by atoms with Gasteiger partial charge in [0.15, 0.2) is 0 Å². The molecule has 2 aromatic rings. The summed E-state index contributed by atoms with van der Waals surface area (Å²) < 4.78 is 1.88. The van der Waals surface area contributed by atoms with Gasteiger partial charge in [-0.1, -0.05) is 35.9 Å². The van der Waals surface area contributed by atoms with Gasteiger partial charge in [-0.3, -0.25) is 4.79 Å². The molecule has 1 aromatic heterocycles. The summed E-state index contributed by atoms with van der Waals surface area (Å²) in [5.74, 6) is -2.71. The minimum absolute atomic E-state index is 0.416. The molecule has 0 bridgehead atoms. The van der Waals surface area contributed by atoms with Crippen LogP contribution in [-0.2, 0) is 9.59 Å². The Bertz CT molecular complexity index is 801. The van der Waals surface area contributed by atoms with E-state index in [4.69, 9.17) is 16.7 Å². The monoisotopic (exact) mass is 318 g/mol. The molecule has 3 nitrogen and oxygen atoms in total. The highest BCUT2D eigenvalue weighted by molar-refractivity contribution is 7.22. The number of halogens is 1. The van der Waals surface area contributed by atoms with Gasteiger partial charge in [0.1, 0.15) is 0 Å². The van der Waals surface area contributed by atoms with E-state index >= 15 is 0 Å². The Morgan fingerprint density at radius 3 is 2.76 bits per heavy atom. The average molecular weight is 319 g/mol. The van der Waals surface area contributed by atoms with Gasteiger partial charge in [-0.25, -0.2) is 4.79 Å². The first kappa shape index (κ1) is 14.0. The molecule has 1 unspecified atom stereocenters. The van der Waals surface area contributed by atoms with Gasteiger partial charge in [-0.15, -0.1) is 11.3 Å². The smallest absolute Gasteiger partial charge is 0.372 e. The van der Waals surface area contributed by atoms with Crippen molar-refractivity contribution in [3.05, 3.63) is 52.4 Å². The fourth-order valence-electron chi connectivity index (χ4n) is 2.38. The van der Waals surface area contributed by atoms with Gasteiger partial charge in [0.2, 0.25) is 5.78 Å². The Kier molecular flexibility index (Phi) is 3.66. The van der Waals surface area contributed by atoms with Crippen LogP contribution in [0.25, 0.3) is 15.7 Å². The Morgan fingerprint density at radius 1 is 1.29 bits per heavy atom. The zero-order chi connectivity index (χ0) is 15.0. The van der Waals surface area contributed by atoms with Crippen LogP contribution in [0, 0.1) is 5.92 Å². The summed E-state index contributed by atoms with van der Waals surface area (Å²) in [6, 6.07) is 8.00. The van der Waals surface area contributed by atoms with Crippen LogP contribution in [0.3, 0.4) is 0 Å². The highest BCUT2D eigenvalue weighted by atomic mass is 35.5. The Balaban J connectivity index is 1.86. The van der Waals surface area contributed by atoms with Crippen LogP contribution in [0.2, 0.25) is 4.34 Å². The summed E-state index contributed by atoms with van der Waals surface area (Å²) in [5.41, 5.74) is 2.03. The molecule has 3 rings (SSSR count). The van der Waals surface area contributed by atoms with E-state index in [-0.39, 0.29) is 0 Å². The third kappa shape index (κ3) is 2.77. The molecular formula is C16H11ClO3S. The molecule has 5 heteroatoms. The molecular weight excluding hydrogens is 308 g/mol. The van der Waals surface area contributed by atoms with Gasteiger partial charge >= 0.3 is 5.97 Å². The second-order valence-corrected chi connectivity index (χ2v) is 6.55. The molecule has 21 heavy (non-hydrogen) atoms. The highest BCUT2D eigenvalue weighted by Crippen LogP contribution is 2.33. The number of allylic oxidation sites excluding steroid dienone is 4. The zero-order valence-corrected chi connectivity index (χ0v) is 12.4. The van der Waals surface area contributed by atoms with E-state index < -0.39 is 17.7 Å². The number of Topliss-reactive ketones (excluding diaryl/α,β-unsaturated/α-hetero) is 1. The van der Waals surface area contributed by atoms with Gasteiger partial charge in [0.05, 0.1) is 10.3 Å². The van der Waals surface area contributed by atoms with Gasteiger partial charge in [-0.2, -0.15) is 0 Å². The van der Waals surface area contributed by atoms with Crippen LogP contribution < -0.4 is 0 Å². The maximum Gasteiger partial charge on any atom is 0.372 e. The van der Waals surface area contributed by atoms with Crippen molar-refractivity contribution in [2.24, 2.45) is 5.92 Å². The topological polar surface area (TPSA) is 54.4 Å².